The number of para-hydroxylation sites is 1. The molecule has 0 saturated heterocycles. The zero-order chi connectivity index (χ0) is 13.5. The van der Waals surface area contributed by atoms with Crippen LogP contribution in [0.2, 0.25) is 0 Å². The van der Waals surface area contributed by atoms with Crippen LogP contribution in [0, 0.1) is 0 Å². The van der Waals surface area contributed by atoms with Crippen molar-refractivity contribution in [2.45, 2.75) is 38.8 Å². The van der Waals surface area contributed by atoms with Crippen LogP contribution >= 0.6 is 11.8 Å². The highest BCUT2D eigenvalue weighted by atomic mass is 32.2. The molecule has 102 valence electrons. The van der Waals surface area contributed by atoms with Crippen LogP contribution in [0.15, 0.2) is 24.3 Å². The topological polar surface area (TPSA) is 23.5 Å². The van der Waals surface area contributed by atoms with Crippen LogP contribution in [0.5, 0.6) is 0 Å². The summed E-state index contributed by atoms with van der Waals surface area (Å²) in [6, 6.07) is 8.66. The van der Waals surface area contributed by atoms with Gasteiger partial charge in [0.15, 0.2) is 0 Å². The van der Waals surface area contributed by atoms with E-state index in [1.54, 1.807) is 0 Å². The van der Waals surface area contributed by atoms with Gasteiger partial charge in [-0.1, -0.05) is 25.1 Å². The van der Waals surface area contributed by atoms with Crippen molar-refractivity contribution in [1.29, 1.82) is 0 Å². The molecule has 1 N–H and O–H groups in total. The van der Waals surface area contributed by atoms with E-state index < -0.39 is 0 Å². The molecular weight excluding hydrogens is 242 g/mol. The molecule has 2 unspecified atom stereocenters. The first kappa shape index (κ1) is 15.4. The SMILES string of the molecule is CCC(O)c1ccccc1N(C)C(C)CCSC. The lowest BCUT2D eigenvalue weighted by Gasteiger charge is -2.30. The van der Waals surface area contributed by atoms with Gasteiger partial charge in [0.05, 0.1) is 6.10 Å². The van der Waals surface area contributed by atoms with Crippen molar-refractivity contribution in [3.05, 3.63) is 29.8 Å². The van der Waals surface area contributed by atoms with Crippen LogP contribution in [0.3, 0.4) is 0 Å². The smallest absolute Gasteiger partial charge is 0.0807 e. The summed E-state index contributed by atoms with van der Waals surface area (Å²) in [6.45, 7) is 4.25. The maximum atomic E-state index is 10.1. The first-order valence-corrected chi connectivity index (χ1v) is 7.99. The molecule has 0 fully saturated rings. The predicted octanol–water partition coefficient (Wildman–Crippen LogP) is 3.71. The molecule has 0 aliphatic heterocycles. The minimum absolute atomic E-state index is 0.364. The van der Waals surface area contributed by atoms with E-state index in [4.69, 9.17) is 0 Å². The molecule has 0 heterocycles. The third-order valence-electron chi connectivity index (χ3n) is 3.46. The number of anilines is 1. The zero-order valence-corrected chi connectivity index (χ0v) is 12.7. The first-order chi connectivity index (χ1) is 8.61. The monoisotopic (exact) mass is 267 g/mol. The van der Waals surface area contributed by atoms with Crippen molar-refractivity contribution in [1.82, 2.24) is 0 Å². The van der Waals surface area contributed by atoms with Gasteiger partial charge in [-0.3, -0.25) is 0 Å². The second kappa shape index (κ2) is 7.70. The third kappa shape index (κ3) is 3.92. The van der Waals surface area contributed by atoms with Gasteiger partial charge < -0.3 is 10.0 Å². The predicted molar refractivity (Wildman–Crippen MR) is 82.6 cm³/mol. The molecule has 0 spiro atoms. The van der Waals surface area contributed by atoms with E-state index in [0.29, 0.717) is 6.04 Å². The van der Waals surface area contributed by atoms with Crippen molar-refractivity contribution >= 4 is 17.4 Å². The number of aliphatic hydroxyl groups excluding tert-OH is 1. The molecule has 18 heavy (non-hydrogen) atoms. The van der Waals surface area contributed by atoms with Crippen LogP contribution in [0.25, 0.3) is 0 Å². The summed E-state index contributed by atoms with van der Waals surface area (Å²) in [7, 11) is 2.12. The summed E-state index contributed by atoms with van der Waals surface area (Å²) < 4.78 is 0. The molecule has 2 nitrogen and oxygen atoms in total. The molecule has 3 heteroatoms. The Bertz CT molecular complexity index is 356. The highest BCUT2D eigenvalue weighted by Gasteiger charge is 2.16. The summed E-state index contributed by atoms with van der Waals surface area (Å²) >= 11 is 1.88. The second-order valence-corrected chi connectivity index (χ2v) is 5.71. The van der Waals surface area contributed by atoms with Crippen LogP contribution < -0.4 is 4.90 Å². The number of rotatable bonds is 7. The number of nitrogens with zero attached hydrogens (tertiary/aromatic N) is 1. The van der Waals surface area contributed by atoms with E-state index >= 15 is 0 Å². The van der Waals surface area contributed by atoms with Crippen LogP contribution in [-0.2, 0) is 0 Å². The Hall–Kier alpha value is -0.670. The van der Waals surface area contributed by atoms with Crippen molar-refractivity contribution in [2.24, 2.45) is 0 Å². The lowest BCUT2D eigenvalue weighted by Crippen LogP contribution is -2.30. The molecule has 0 bridgehead atoms. The molecular formula is C15H25NOS. The van der Waals surface area contributed by atoms with Gasteiger partial charge in [-0.05, 0) is 37.8 Å². The number of thioether (sulfide) groups is 1. The van der Waals surface area contributed by atoms with Gasteiger partial charge in [0, 0.05) is 24.3 Å². The normalized spacial score (nSPS) is 14.3. The van der Waals surface area contributed by atoms with Gasteiger partial charge in [-0.25, -0.2) is 0 Å². The summed E-state index contributed by atoms with van der Waals surface area (Å²) in [5.74, 6) is 1.17. The maximum Gasteiger partial charge on any atom is 0.0807 e. The molecule has 0 radical (unpaired) electrons. The van der Waals surface area contributed by atoms with Crippen molar-refractivity contribution in [2.75, 3.05) is 24.0 Å². The zero-order valence-electron chi connectivity index (χ0n) is 11.9. The number of hydrogen-bond donors (Lipinski definition) is 1. The minimum atomic E-state index is -0.364. The molecule has 1 aromatic rings. The van der Waals surface area contributed by atoms with Gasteiger partial charge in [-0.2, -0.15) is 11.8 Å². The van der Waals surface area contributed by atoms with Gasteiger partial charge in [0.1, 0.15) is 0 Å². The summed E-state index contributed by atoms with van der Waals surface area (Å²) in [5.41, 5.74) is 2.19. The fourth-order valence-electron chi connectivity index (χ4n) is 2.03. The largest absolute Gasteiger partial charge is 0.388 e. The standard InChI is InChI=1S/C15H25NOS/c1-5-15(17)13-8-6-7-9-14(13)16(3)12(2)10-11-18-4/h6-9,12,15,17H,5,10-11H2,1-4H3. The van der Waals surface area contributed by atoms with E-state index in [-0.39, 0.29) is 6.10 Å². The van der Waals surface area contributed by atoms with Gasteiger partial charge in [-0.15, -0.1) is 0 Å². The summed E-state index contributed by atoms with van der Waals surface area (Å²) in [4.78, 5) is 2.28. The van der Waals surface area contributed by atoms with Crippen LogP contribution in [0.4, 0.5) is 5.69 Å². The highest BCUT2D eigenvalue weighted by Crippen LogP contribution is 2.29. The lowest BCUT2D eigenvalue weighted by atomic mass is 10.0. The Balaban J connectivity index is 2.87. The van der Waals surface area contributed by atoms with Gasteiger partial charge in [0.25, 0.3) is 0 Å². The van der Waals surface area contributed by atoms with E-state index in [0.717, 1.165) is 24.1 Å². The molecule has 1 rings (SSSR count). The van der Waals surface area contributed by atoms with Gasteiger partial charge in [0.2, 0.25) is 0 Å². The lowest BCUT2D eigenvalue weighted by molar-refractivity contribution is 0.174. The second-order valence-electron chi connectivity index (χ2n) is 4.72. The summed E-state index contributed by atoms with van der Waals surface area (Å²) in [5, 5.41) is 10.1. The molecule has 0 aliphatic rings. The van der Waals surface area contributed by atoms with Crippen molar-refractivity contribution in [3.8, 4) is 0 Å². The highest BCUT2D eigenvalue weighted by molar-refractivity contribution is 7.98. The van der Waals surface area contributed by atoms with Crippen molar-refractivity contribution in [3.63, 3.8) is 0 Å². The Morgan fingerprint density at radius 3 is 2.61 bits per heavy atom. The number of hydrogen-bond acceptors (Lipinski definition) is 3. The maximum absolute atomic E-state index is 10.1. The van der Waals surface area contributed by atoms with Crippen LogP contribution in [0.1, 0.15) is 38.4 Å². The average Bonchev–Trinajstić information content (AvgIpc) is 2.43. The van der Waals surface area contributed by atoms with Crippen LogP contribution in [-0.4, -0.2) is 30.2 Å². The van der Waals surface area contributed by atoms with E-state index in [1.165, 1.54) is 5.75 Å². The average molecular weight is 267 g/mol. The van der Waals surface area contributed by atoms with E-state index in [1.807, 2.05) is 36.9 Å². The van der Waals surface area contributed by atoms with Crippen molar-refractivity contribution < 1.29 is 5.11 Å². The van der Waals surface area contributed by atoms with E-state index in [9.17, 15) is 5.11 Å². The Morgan fingerprint density at radius 1 is 1.33 bits per heavy atom. The molecule has 0 aliphatic carbocycles. The van der Waals surface area contributed by atoms with E-state index in [2.05, 4.69) is 31.2 Å². The molecule has 2 atom stereocenters. The van der Waals surface area contributed by atoms with Gasteiger partial charge >= 0.3 is 0 Å². The molecule has 0 saturated carbocycles. The fourth-order valence-corrected chi connectivity index (χ4v) is 2.61. The minimum Gasteiger partial charge on any atom is -0.388 e. The Kier molecular flexibility index (Phi) is 6.58. The molecule has 0 amide bonds. The number of aliphatic hydroxyl groups is 1. The third-order valence-corrected chi connectivity index (χ3v) is 4.11. The Labute approximate surface area is 115 Å². The quantitative estimate of drug-likeness (QED) is 0.814. The summed E-state index contributed by atoms with van der Waals surface area (Å²) in [6.07, 6.45) is 3.69. The first-order valence-electron chi connectivity index (χ1n) is 6.60. The fraction of sp³-hybridized carbons (Fsp3) is 0.600. The number of benzene rings is 1. The molecule has 1 aromatic carbocycles. The Morgan fingerprint density at radius 2 is 2.00 bits per heavy atom. The molecule has 0 aromatic heterocycles.